The van der Waals surface area contributed by atoms with E-state index in [1.54, 1.807) is 0 Å². The highest BCUT2D eigenvalue weighted by atomic mass is 79.9. The largest absolute Gasteiger partial charge is 0.337 e. The third-order valence-electron chi connectivity index (χ3n) is 3.86. The van der Waals surface area contributed by atoms with Crippen LogP contribution in [-0.2, 0) is 11.3 Å². The Morgan fingerprint density at radius 1 is 1.23 bits per heavy atom. The average molecular weight is 437 g/mol. The van der Waals surface area contributed by atoms with Crippen LogP contribution in [0.25, 0.3) is 11.4 Å². The van der Waals surface area contributed by atoms with Crippen molar-refractivity contribution in [1.82, 2.24) is 19.7 Å². The molecule has 0 spiro atoms. The van der Waals surface area contributed by atoms with Crippen molar-refractivity contribution in [2.75, 3.05) is 5.75 Å². The summed E-state index contributed by atoms with van der Waals surface area (Å²) in [6.45, 7) is 12.6. The summed E-state index contributed by atoms with van der Waals surface area (Å²) in [5.74, 6) is 1.22. The van der Waals surface area contributed by atoms with Crippen molar-refractivity contribution < 1.29 is 4.79 Å². The molecular weight excluding hydrogens is 412 g/mol. The van der Waals surface area contributed by atoms with Crippen LogP contribution in [0.2, 0.25) is 0 Å². The SMILES string of the molecule is C=CCn1c(SCC(=O)N(C(C)C)C(C)C)nnc1-c1ccc(Br)cc1. The van der Waals surface area contributed by atoms with Crippen LogP contribution in [0.5, 0.6) is 0 Å². The molecule has 0 radical (unpaired) electrons. The summed E-state index contributed by atoms with van der Waals surface area (Å²) in [5.41, 5.74) is 0.978. The second kappa shape index (κ2) is 9.37. The van der Waals surface area contributed by atoms with Crippen LogP contribution in [0, 0.1) is 0 Å². The van der Waals surface area contributed by atoms with E-state index in [9.17, 15) is 4.79 Å². The number of amides is 1. The number of rotatable bonds is 8. The van der Waals surface area contributed by atoms with Crippen molar-refractivity contribution >= 4 is 33.6 Å². The number of benzene rings is 1. The lowest BCUT2D eigenvalue weighted by atomic mass is 10.2. The summed E-state index contributed by atoms with van der Waals surface area (Å²) in [4.78, 5) is 14.5. The molecule has 0 fully saturated rings. The van der Waals surface area contributed by atoms with Crippen LogP contribution >= 0.6 is 27.7 Å². The van der Waals surface area contributed by atoms with Gasteiger partial charge in [0.05, 0.1) is 5.75 Å². The van der Waals surface area contributed by atoms with E-state index in [-0.39, 0.29) is 18.0 Å². The molecule has 26 heavy (non-hydrogen) atoms. The van der Waals surface area contributed by atoms with Gasteiger partial charge < -0.3 is 4.90 Å². The number of hydrogen-bond donors (Lipinski definition) is 0. The van der Waals surface area contributed by atoms with Crippen molar-refractivity contribution in [2.24, 2.45) is 0 Å². The summed E-state index contributed by atoms with van der Waals surface area (Å²) >= 11 is 4.86. The zero-order valence-corrected chi connectivity index (χ0v) is 18.0. The maximum Gasteiger partial charge on any atom is 0.233 e. The third-order valence-corrected chi connectivity index (χ3v) is 5.34. The topological polar surface area (TPSA) is 51.0 Å². The van der Waals surface area contributed by atoms with E-state index in [2.05, 4.69) is 32.7 Å². The van der Waals surface area contributed by atoms with Crippen LogP contribution in [0.15, 0.2) is 46.5 Å². The molecule has 0 aliphatic heterocycles. The Labute approximate surface area is 168 Å². The van der Waals surface area contributed by atoms with Crippen LogP contribution in [0.1, 0.15) is 27.7 Å². The Morgan fingerprint density at radius 2 is 1.85 bits per heavy atom. The van der Waals surface area contributed by atoms with Crippen molar-refractivity contribution in [3.8, 4) is 11.4 Å². The molecule has 1 aromatic carbocycles. The molecular formula is C19H25BrN4OS. The van der Waals surface area contributed by atoms with E-state index in [1.807, 2.05) is 67.5 Å². The highest BCUT2D eigenvalue weighted by Gasteiger charge is 2.21. The molecule has 0 aliphatic rings. The van der Waals surface area contributed by atoms with Gasteiger partial charge >= 0.3 is 0 Å². The smallest absolute Gasteiger partial charge is 0.233 e. The van der Waals surface area contributed by atoms with Gasteiger partial charge in [0.15, 0.2) is 11.0 Å². The minimum absolute atomic E-state index is 0.110. The fourth-order valence-corrected chi connectivity index (χ4v) is 3.96. The molecule has 0 saturated heterocycles. The summed E-state index contributed by atoms with van der Waals surface area (Å²) < 4.78 is 3.00. The van der Waals surface area contributed by atoms with Gasteiger partial charge in [-0.3, -0.25) is 9.36 Å². The van der Waals surface area contributed by atoms with Gasteiger partial charge in [-0.15, -0.1) is 16.8 Å². The zero-order chi connectivity index (χ0) is 19.3. The highest BCUT2D eigenvalue weighted by Crippen LogP contribution is 2.26. The lowest BCUT2D eigenvalue weighted by molar-refractivity contribution is -0.131. The zero-order valence-electron chi connectivity index (χ0n) is 15.6. The van der Waals surface area contributed by atoms with Gasteiger partial charge in [-0.1, -0.05) is 45.9 Å². The van der Waals surface area contributed by atoms with Crippen LogP contribution in [-0.4, -0.2) is 43.4 Å². The summed E-state index contributed by atoms with van der Waals surface area (Å²) in [7, 11) is 0. The predicted octanol–water partition coefficient (Wildman–Crippen LogP) is 4.63. The van der Waals surface area contributed by atoms with Crippen LogP contribution in [0.3, 0.4) is 0 Å². The first kappa shape index (κ1) is 20.7. The maximum absolute atomic E-state index is 12.6. The number of aromatic nitrogens is 3. The molecule has 0 atom stereocenters. The normalized spacial score (nSPS) is 11.2. The van der Waals surface area contributed by atoms with Crippen molar-refractivity contribution in [3.05, 3.63) is 41.4 Å². The Hall–Kier alpha value is -1.60. The first-order valence-corrected chi connectivity index (χ1v) is 10.4. The van der Waals surface area contributed by atoms with Gasteiger partial charge in [0.1, 0.15) is 0 Å². The van der Waals surface area contributed by atoms with Gasteiger partial charge in [0.25, 0.3) is 0 Å². The number of hydrogen-bond acceptors (Lipinski definition) is 4. The monoisotopic (exact) mass is 436 g/mol. The molecule has 1 aromatic heterocycles. The first-order chi connectivity index (χ1) is 12.3. The molecule has 140 valence electrons. The van der Waals surface area contributed by atoms with E-state index in [4.69, 9.17) is 0 Å². The van der Waals surface area contributed by atoms with Crippen LogP contribution < -0.4 is 0 Å². The Bertz CT molecular complexity index is 747. The first-order valence-electron chi connectivity index (χ1n) is 8.59. The van der Waals surface area contributed by atoms with E-state index in [0.29, 0.717) is 12.3 Å². The van der Waals surface area contributed by atoms with Crippen LogP contribution in [0.4, 0.5) is 0 Å². The molecule has 2 rings (SSSR count). The number of carbonyl (C=O) groups is 1. The minimum Gasteiger partial charge on any atom is -0.337 e. The van der Waals surface area contributed by atoms with Crippen molar-refractivity contribution in [3.63, 3.8) is 0 Å². The molecule has 0 N–H and O–H groups in total. The van der Waals surface area contributed by atoms with Gasteiger partial charge in [-0.25, -0.2) is 0 Å². The fourth-order valence-electron chi connectivity index (χ4n) is 2.87. The molecule has 1 amide bonds. The summed E-state index contributed by atoms with van der Waals surface area (Å²) in [6.07, 6.45) is 1.81. The fraction of sp³-hybridized carbons (Fsp3) is 0.421. The number of halogens is 1. The molecule has 7 heteroatoms. The number of carbonyl (C=O) groups excluding carboxylic acids is 1. The minimum atomic E-state index is 0.110. The second-order valence-electron chi connectivity index (χ2n) is 6.49. The van der Waals surface area contributed by atoms with Crippen molar-refractivity contribution in [2.45, 2.75) is 51.5 Å². The quantitative estimate of drug-likeness (QED) is 0.446. The molecule has 0 aliphatic carbocycles. The molecule has 5 nitrogen and oxygen atoms in total. The molecule has 1 heterocycles. The second-order valence-corrected chi connectivity index (χ2v) is 8.35. The van der Waals surface area contributed by atoms with E-state index < -0.39 is 0 Å². The average Bonchev–Trinajstić information content (AvgIpc) is 2.96. The highest BCUT2D eigenvalue weighted by molar-refractivity contribution is 9.10. The van der Waals surface area contributed by atoms with Gasteiger partial charge in [-0.05, 0) is 39.8 Å². The lowest BCUT2D eigenvalue weighted by Gasteiger charge is -2.30. The number of thioether (sulfide) groups is 1. The summed E-state index contributed by atoms with van der Waals surface area (Å²) in [6, 6.07) is 8.28. The van der Waals surface area contributed by atoms with Crippen molar-refractivity contribution in [1.29, 1.82) is 0 Å². The summed E-state index contributed by atoms with van der Waals surface area (Å²) in [5, 5.41) is 9.36. The third kappa shape index (κ3) is 4.98. The standard InChI is InChI=1S/C19H25BrN4OS/c1-6-11-23-18(15-7-9-16(20)10-8-15)21-22-19(23)26-12-17(25)24(13(2)3)14(4)5/h6-10,13-14H,1,11-12H2,2-5H3. The lowest BCUT2D eigenvalue weighted by Crippen LogP contribution is -2.43. The van der Waals surface area contributed by atoms with Gasteiger partial charge in [-0.2, -0.15) is 0 Å². The molecule has 0 unspecified atom stereocenters. The Morgan fingerprint density at radius 3 is 2.38 bits per heavy atom. The molecule has 0 bridgehead atoms. The van der Waals surface area contributed by atoms with E-state index in [0.717, 1.165) is 21.0 Å². The Balaban J connectivity index is 2.21. The number of allylic oxidation sites excluding steroid dienone is 1. The van der Waals surface area contributed by atoms with Gasteiger partial charge in [0.2, 0.25) is 5.91 Å². The maximum atomic E-state index is 12.6. The van der Waals surface area contributed by atoms with E-state index in [1.165, 1.54) is 11.8 Å². The molecule has 2 aromatic rings. The van der Waals surface area contributed by atoms with E-state index >= 15 is 0 Å². The Kier molecular flexibility index (Phi) is 7.46. The number of nitrogens with zero attached hydrogens (tertiary/aromatic N) is 4. The molecule has 0 saturated carbocycles. The van der Waals surface area contributed by atoms with Gasteiger partial charge in [0, 0.05) is 28.7 Å². The predicted molar refractivity (Wildman–Crippen MR) is 111 cm³/mol.